The average Bonchev–Trinajstić information content (AvgIpc) is 3.46. The summed E-state index contributed by atoms with van der Waals surface area (Å²) in [5, 5.41) is 22.8. The van der Waals surface area contributed by atoms with E-state index in [0.717, 1.165) is 65.0 Å². The van der Waals surface area contributed by atoms with Gasteiger partial charge in [0.15, 0.2) is 0 Å². The summed E-state index contributed by atoms with van der Waals surface area (Å²) >= 11 is 0. The third-order valence-electron chi connectivity index (χ3n) is 13.5. The van der Waals surface area contributed by atoms with Crippen LogP contribution in [-0.4, -0.2) is 75.6 Å². The first-order valence-electron chi connectivity index (χ1n) is 19.5. The minimum atomic E-state index is -4.45. The van der Waals surface area contributed by atoms with Gasteiger partial charge >= 0.3 is 10.4 Å². The lowest BCUT2D eigenvalue weighted by molar-refractivity contribution is -0.160. The van der Waals surface area contributed by atoms with Crippen LogP contribution < -0.4 is 21.7 Å². The molecule has 0 spiro atoms. The monoisotopic (exact) mass is 685 g/mol. The molecule has 0 aromatic carbocycles. The summed E-state index contributed by atoms with van der Waals surface area (Å²) in [6.07, 6.45) is 13.8. The summed E-state index contributed by atoms with van der Waals surface area (Å²) in [5.74, 6) is 4.56. The maximum atomic E-state index is 11.8. The lowest BCUT2D eigenvalue weighted by atomic mass is 9.44. The number of rotatable bonds is 20. The van der Waals surface area contributed by atoms with Crippen LogP contribution in [0.2, 0.25) is 0 Å². The normalized spacial score (nSPS) is 36.9. The zero-order valence-corrected chi connectivity index (χ0v) is 31.3. The molecule has 0 aromatic rings. The molecule has 10 heteroatoms. The highest BCUT2D eigenvalue weighted by molar-refractivity contribution is 7.80. The molecule has 7 unspecified atom stereocenters. The average molecular weight is 685 g/mol. The van der Waals surface area contributed by atoms with Crippen molar-refractivity contribution in [2.75, 3.05) is 39.3 Å². The summed E-state index contributed by atoms with van der Waals surface area (Å²) in [7, 11) is -4.45. The highest BCUT2D eigenvalue weighted by atomic mass is 32.3. The molecule has 4 fully saturated rings. The Hall–Kier alpha value is -0.330. The molecule has 4 aliphatic rings. The summed E-state index contributed by atoms with van der Waals surface area (Å²) < 4.78 is 37.2. The second-order valence-electron chi connectivity index (χ2n) is 16.9. The smallest absolute Gasteiger partial charge is 0.393 e. The second kappa shape index (κ2) is 18.2. The number of nitrogens with one attached hydrogen (secondary N) is 3. The van der Waals surface area contributed by atoms with Gasteiger partial charge in [0.2, 0.25) is 0 Å². The molecule has 0 amide bonds. The molecule has 4 aliphatic carbocycles. The van der Waals surface area contributed by atoms with Crippen LogP contribution in [0, 0.1) is 58.7 Å². The van der Waals surface area contributed by atoms with E-state index in [-0.39, 0.29) is 12.0 Å². The van der Waals surface area contributed by atoms with E-state index in [1.807, 2.05) is 13.8 Å². The molecule has 4 rings (SSSR count). The molecule has 0 aromatic heterocycles. The predicted octanol–water partition coefficient (Wildman–Crippen LogP) is 5.39. The number of hydrogen-bond acceptors (Lipinski definition) is 8. The first-order valence-corrected chi connectivity index (χ1v) is 20.9. The van der Waals surface area contributed by atoms with E-state index in [2.05, 4.69) is 36.7 Å². The number of unbranched alkanes of at least 4 members (excludes halogenated alkanes) is 1. The van der Waals surface area contributed by atoms with E-state index >= 15 is 0 Å². The van der Waals surface area contributed by atoms with Crippen LogP contribution >= 0.6 is 0 Å². The van der Waals surface area contributed by atoms with E-state index in [1.54, 1.807) is 0 Å². The molecular weight excluding hydrogens is 612 g/mol. The molecule has 0 bridgehead atoms. The fraction of sp³-hybridized carbons (Fsp3) is 1.00. The number of aliphatic hydroxyl groups is 1. The zero-order chi connectivity index (χ0) is 34.2. The number of aliphatic hydroxyl groups excluding tert-OH is 1. The Bertz CT molecular complexity index is 1030. The molecule has 276 valence electrons. The van der Waals surface area contributed by atoms with Crippen molar-refractivity contribution in [2.45, 2.75) is 136 Å². The van der Waals surface area contributed by atoms with Crippen molar-refractivity contribution in [3.05, 3.63) is 0 Å². The SMILES string of the molecule is CC1CC2C(C(O)C[C@H]3C[C@@H](NCCCNCCCCNCCCN)CC[C@]23C)C2CC[C@H](C(C)CC[C@@H](OS(=O)(=O)O)C(C)C)C12. The van der Waals surface area contributed by atoms with Gasteiger partial charge < -0.3 is 26.8 Å². The maximum Gasteiger partial charge on any atom is 0.397 e. The summed E-state index contributed by atoms with van der Waals surface area (Å²) in [5.41, 5.74) is 5.86. The Morgan fingerprint density at radius 2 is 1.57 bits per heavy atom. The Morgan fingerprint density at radius 1 is 0.894 bits per heavy atom. The minimum Gasteiger partial charge on any atom is -0.393 e. The van der Waals surface area contributed by atoms with Crippen molar-refractivity contribution < 1.29 is 22.3 Å². The van der Waals surface area contributed by atoms with Crippen LogP contribution in [0.15, 0.2) is 0 Å². The van der Waals surface area contributed by atoms with Crippen LogP contribution in [0.4, 0.5) is 0 Å². The van der Waals surface area contributed by atoms with Crippen LogP contribution in [0.3, 0.4) is 0 Å². The predicted molar refractivity (Wildman–Crippen MR) is 191 cm³/mol. The van der Waals surface area contributed by atoms with Crippen molar-refractivity contribution in [1.29, 1.82) is 0 Å². The van der Waals surface area contributed by atoms with E-state index in [1.165, 1.54) is 51.4 Å². The van der Waals surface area contributed by atoms with Crippen molar-refractivity contribution in [3.63, 3.8) is 0 Å². The van der Waals surface area contributed by atoms with Crippen LogP contribution in [0.5, 0.6) is 0 Å². The molecule has 0 aliphatic heterocycles. The van der Waals surface area contributed by atoms with Crippen molar-refractivity contribution in [1.82, 2.24) is 16.0 Å². The molecule has 7 N–H and O–H groups in total. The first kappa shape index (κ1) is 39.5. The van der Waals surface area contributed by atoms with Gasteiger partial charge in [0.1, 0.15) is 0 Å². The number of fused-ring (bicyclic) bond motifs is 5. The van der Waals surface area contributed by atoms with Gasteiger partial charge in [-0.05, 0) is 181 Å². The zero-order valence-electron chi connectivity index (χ0n) is 30.5. The quantitative estimate of drug-likeness (QED) is 0.0735. The fourth-order valence-electron chi connectivity index (χ4n) is 11.0. The third-order valence-corrected chi connectivity index (χ3v) is 14.0. The van der Waals surface area contributed by atoms with Gasteiger partial charge in [-0.2, -0.15) is 8.42 Å². The fourth-order valence-corrected chi connectivity index (χ4v) is 11.6. The van der Waals surface area contributed by atoms with Gasteiger partial charge in [0, 0.05) is 6.04 Å². The summed E-state index contributed by atoms with van der Waals surface area (Å²) in [6.45, 7) is 17.4. The van der Waals surface area contributed by atoms with Gasteiger partial charge in [-0.25, -0.2) is 4.18 Å². The molecule has 0 saturated heterocycles. The lowest BCUT2D eigenvalue weighted by Crippen LogP contribution is -2.59. The molecule has 0 radical (unpaired) electrons. The molecule has 0 heterocycles. The van der Waals surface area contributed by atoms with Crippen LogP contribution in [0.1, 0.15) is 118 Å². The van der Waals surface area contributed by atoms with Crippen LogP contribution in [-0.2, 0) is 14.6 Å². The lowest BCUT2D eigenvalue weighted by Gasteiger charge is -2.62. The Morgan fingerprint density at radius 3 is 2.23 bits per heavy atom. The highest BCUT2D eigenvalue weighted by Gasteiger charge is 2.61. The third kappa shape index (κ3) is 10.6. The summed E-state index contributed by atoms with van der Waals surface area (Å²) in [4.78, 5) is 0. The van der Waals surface area contributed by atoms with E-state index < -0.39 is 16.5 Å². The van der Waals surface area contributed by atoms with Crippen molar-refractivity contribution in [3.8, 4) is 0 Å². The Balaban J connectivity index is 1.23. The van der Waals surface area contributed by atoms with E-state index in [4.69, 9.17) is 9.92 Å². The second-order valence-corrected chi connectivity index (χ2v) is 17.9. The first-order chi connectivity index (χ1) is 22.4. The van der Waals surface area contributed by atoms with E-state index in [0.29, 0.717) is 65.2 Å². The van der Waals surface area contributed by atoms with Gasteiger partial charge in [-0.15, -0.1) is 0 Å². The molecular formula is C37H72N4O5S. The van der Waals surface area contributed by atoms with Crippen LogP contribution in [0.25, 0.3) is 0 Å². The van der Waals surface area contributed by atoms with Gasteiger partial charge in [0.25, 0.3) is 0 Å². The van der Waals surface area contributed by atoms with Gasteiger partial charge in [0.05, 0.1) is 12.2 Å². The summed E-state index contributed by atoms with van der Waals surface area (Å²) in [6, 6.07) is 0.571. The molecule has 12 atom stereocenters. The maximum absolute atomic E-state index is 11.8. The highest BCUT2D eigenvalue weighted by Crippen LogP contribution is 2.65. The Labute approximate surface area is 288 Å². The van der Waals surface area contributed by atoms with Crippen molar-refractivity contribution >= 4 is 10.4 Å². The topological polar surface area (TPSA) is 146 Å². The van der Waals surface area contributed by atoms with Gasteiger partial charge in [-0.1, -0.05) is 34.6 Å². The number of hydrogen-bond donors (Lipinski definition) is 6. The minimum absolute atomic E-state index is 0.0168. The van der Waals surface area contributed by atoms with Gasteiger partial charge in [-0.3, -0.25) is 4.55 Å². The number of nitrogens with two attached hydrogens (primary N) is 1. The van der Waals surface area contributed by atoms with E-state index in [9.17, 15) is 18.1 Å². The Kier molecular flexibility index (Phi) is 15.3. The standard InChI is InChI=1S/C37H72N4O5S/c1-25(2)34(46-47(43,44)45)13-10-26(3)30-11-12-31-35(30)27(4)22-32-36(31)33(42)24-28-23-29(14-15-37(28,32)5)41-21-9-20-40-18-7-6-17-39-19-8-16-38/h25-36,39-42H,6-24,38H2,1-5H3,(H,43,44,45)/t26?,27?,28-,29+,30-,31?,32?,33?,34-,35?,36?,37+/m1/s1. The molecule has 9 nitrogen and oxygen atoms in total. The van der Waals surface area contributed by atoms with Crippen molar-refractivity contribution in [2.24, 2.45) is 64.4 Å². The molecule has 47 heavy (non-hydrogen) atoms. The molecule has 4 saturated carbocycles. The largest absolute Gasteiger partial charge is 0.397 e.